The second-order valence-corrected chi connectivity index (χ2v) is 4.44. The number of halogens is 1. The van der Waals surface area contributed by atoms with Gasteiger partial charge >= 0.3 is 0 Å². The summed E-state index contributed by atoms with van der Waals surface area (Å²) in [5, 5.41) is 0. The SMILES string of the molecule is CC1CCN(c2ncncc2CCl)CC1. The highest BCUT2D eigenvalue weighted by atomic mass is 35.5. The van der Waals surface area contributed by atoms with E-state index in [2.05, 4.69) is 21.8 Å². The molecule has 1 aliphatic rings. The number of rotatable bonds is 2. The smallest absolute Gasteiger partial charge is 0.136 e. The van der Waals surface area contributed by atoms with Crippen LogP contribution >= 0.6 is 11.6 Å². The van der Waals surface area contributed by atoms with Crippen LogP contribution in [-0.4, -0.2) is 23.1 Å². The molecule has 0 aromatic carbocycles. The summed E-state index contributed by atoms with van der Waals surface area (Å²) in [5.41, 5.74) is 1.04. The Morgan fingerprint density at radius 1 is 1.47 bits per heavy atom. The zero-order valence-electron chi connectivity index (χ0n) is 8.99. The maximum absolute atomic E-state index is 5.87. The van der Waals surface area contributed by atoms with Gasteiger partial charge in [0.1, 0.15) is 12.1 Å². The quantitative estimate of drug-likeness (QED) is 0.724. The maximum atomic E-state index is 5.87. The normalized spacial score (nSPS) is 18.1. The van der Waals surface area contributed by atoms with Gasteiger partial charge in [0.15, 0.2) is 0 Å². The van der Waals surface area contributed by atoms with Gasteiger partial charge in [0.2, 0.25) is 0 Å². The van der Waals surface area contributed by atoms with E-state index in [1.54, 1.807) is 6.33 Å². The number of aromatic nitrogens is 2. The van der Waals surface area contributed by atoms with Crippen LogP contribution in [0.3, 0.4) is 0 Å². The van der Waals surface area contributed by atoms with Gasteiger partial charge in [-0.05, 0) is 18.8 Å². The van der Waals surface area contributed by atoms with Crippen LogP contribution in [-0.2, 0) is 5.88 Å². The van der Waals surface area contributed by atoms with Gasteiger partial charge in [-0.1, -0.05) is 6.92 Å². The average Bonchev–Trinajstić information content (AvgIpc) is 2.30. The molecule has 0 radical (unpaired) electrons. The first-order valence-electron chi connectivity index (χ1n) is 5.41. The zero-order chi connectivity index (χ0) is 10.7. The van der Waals surface area contributed by atoms with Crippen LogP contribution in [0.1, 0.15) is 25.3 Å². The molecule has 0 aliphatic carbocycles. The van der Waals surface area contributed by atoms with Crippen LogP contribution in [0.15, 0.2) is 12.5 Å². The van der Waals surface area contributed by atoms with Crippen molar-refractivity contribution < 1.29 is 0 Å². The monoisotopic (exact) mass is 225 g/mol. The Kier molecular flexibility index (Phi) is 3.41. The van der Waals surface area contributed by atoms with Gasteiger partial charge in [-0.25, -0.2) is 9.97 Å². The molecule has 0 unspecified atom stereocenters. The van der Waals surface area contributed by atoms with E-state index < -0.39 is 0 Å². The molecule has 2 rings (SSSR count). The van der Waals surface area contributed by atoms with Crippen molar-refractivity contribution in [1.82, 2.24) is 9.97 Å². The molecule has 0 N–H and O–H groups in total. The molecular formula is C11H16ClN3. The predicted octanol–water partition coefficient (Wildman–Crippen LogP) is 2.45. The van der Waals surface area contributed by atoms with Gasteiger partial charge in [-0.15, -0.1) is 11.6 Å². The number of hydrogen-bond donors (Lipinski definition) is 0. The summed E-state index contributed by atoms with van der Waals surface area (Å²) in [6, 6.07) is 0. The van der Waals surface area contributed by atoms with Gasteiger partial charge in [-0.2, -0.15) is 0 Å². The molecule has 1 fully saturated rings. The summed E-state index contributed by atoms with van der Waals surface area (Å²) in [6.07, 6.45) is 5.90. The van der Waals surface area contributed by atoms with Crippen molar-refractivity contribution in [3.05, 3.63) is 18.1 Å². The highest BCUT2D eigenvalue weighted by Crippen LogP contribution is 2.24. The molecule has 82 valence electrons. The van der Waals surface area contributed by atoms with Crippen LogP contribution in [0.25, 0.3) is 0 Å². The third-order valence-electron chi connectivity index (χ3n) is 2.99. The molecule has 0 saturated carbocycles. The van der Waals surface area contributed by atoms with Crippen molar-refractivity contribution in [1.29, 1.82) is 0 Å². The van der Waals surface area contributed by atoms with Crippen molar-refractivity contribution in [2.75, 3.05) is 18.0 Å². The predicted molar refractivity (Wildman–Crippen MR) is 62.2 cm³/mol. The fourth-order valence-electron chi connectivity index (χ4n) is 1.95. The lowest BCUT2D eigenvalue weighted by Crippen LogP contribution is -2.34. The van der Waals surface area contributed by atoms with Crippen LogP contribution < -0.4 is 4.90 Å². The van der Waals surface area contributed by atoms with E-state index in [4.69, 9.17) is 11.6 Å². The topological polar surface area (TPSA) is 29.0 Å². The molecule has 3 nitrogen and oxygen atoms in total. The van der Waals surface area contributed by atoms with E-state index in [1.807, 2.05) is 6.20 Å². The Hall–Kier alpha value is -0.830. The van der Waals surface area contributed by atoms with E-state index in [0.717, 1.165) is 30.4 Å². The lowest BCUT2D eigenvalue weighted by molar-refractivity contribution is 0.436. The largest absolute Gasteiger partial charge is 0.356 e. The Bertz CT molecular complexity index is 321. The van der Waals surface area contributed by atoms with E-state index in [-0.39, 0.29) is 0 Å². The molecule has 0 atom stereocenters. The van der Waals surface area contributed by atoms with E-state index in [1.165, 1.54) is 12.8 Å². The number of anilines is 1. The van der Waals surface area contributed by atoms with Crippen LogP contribution in [0.2, 0.25) is 0 Å². The summed E-state index contributed by atoms with van der Waals surface area (Å²) in [7, 11) is 0. The highest BCUT2D eigenvalue weighted by Gasteiger charge is 2.18. The lowest BCUT2D eigenvalue weighted by Gasteiger charge is -2.32. The summed E-state index contributed by atoms with van der Waals surface area (Å²) >= 11 is 5.87. The number of piperidine rings is 1. The molecule has 1 aromatic rings. The summed E-state index contributed by atoms with van der Waals surface area (Å²) in [5.74, 6) is 2.34. The van der Waals surface area contributed by atoms with E-state index >= 15 is 0 Å². The fourth-order valence-corrected chi connectivity index (χ4v) is 2.14. The Morgan fingerprint density at radius 2 is 2.20 bits per heavy atom. The molecule has 0 spiro atoms. The summed E-state index contributed by atoms with van der Waals surface area (Å²) in [6.45, 7) is 4.48. The molecule has 0 bridgehead atoms. The van der Waals surface area contributed by atoms with Crippen molar-refractivity contribution in [3.63, 3.8) is 0 Å². The van der Waals surface area contributed by atoms with Gasteiger partial charge < -0.3 is 4.90 Å². The van der Waals surface area contributed by atoms with Crippen molar-refractivity contribution >= 4 is 17.4 Å². The number of hydrogen-bond acceptors (Lipinski definition) is 3. The summed E-state index contributed by atoms with van der Waals surface area (Å²) in [4.78, 5) is 10.7. The first-order chi connectivity index (χ1) is 7.31. The van der Waals surface area contributed by atoms with E-state index in [0.29, 0.717) is 5.88 Å². The Morgan fingerprint density at radius 3 is 2.87 bits per heavy atom. The first kappa shape index (κ1) is 10.7. The van der Waals surface area contributed by atoms with Crippen molar-refractivity contribution in [3.8, 4) is 0 Å². The molecule has 2 heterocycles. The third-order valence-corrected chi connectivity index (χ3v) is 3.28. The van der Waals surface area contributed by atoms with E-state index in [9.17, 15) is 0 Å². The summed E-state index contributed by atoms with van der Waals surface area (Å²) < 4.78 is 0. The highest BCUT2D eigenvalue weighted by molar-refractivity contribution is 6.17. The standard InChI is InChI=1S/C11H16ClN3/c1-9-2-4-15(5-3-9)11-10(6-12)7-13-8-14-11/h7-9H,2-6H2,1H3. The fraction of sp³-hybridized carbons (Fsp3) is 0.636. The minimum Gasteiger partial charge on any atom is -0.356 e. The molecule has 1 aliphatic heterocycles. The Labute approximate surface area is 95.5 Å². The minimum absolute atomic E-state index is 0.488. The van der Waals surface area contributed by atoms with Gasteiger partial charge in [-0.3, -0.25) is 0 Å². The molecular weight excluding hydrogens is 210 g/mol. The maximum Gasteiger partial charge on any atom is 0.136 e. The van der Waals surface area contributed by atoms with Crippen LogP contribution in [0.5, 0.6) is 0 Å². The first-order valence-corrected chi connectivity index (χ1v) is 5.94. The van der Waals surface area contributed by atoms with Gasteiger partial charge in [0.25, 0.3) is 0 Å². The van der Waals surface area contributed by atoms with Crippen molar-refractivity contribution in [2.45, 2.75) is 25.6 Å². The second-order valence-electron chi connectivity index (χ2n) is 4.17. The van der Waals surface area contributed by atoms with Gasteiger partial charge in [0, 0.05) is 24.8 Å². The zero-order valence-corrected chi connectivity index (χ0v) is 9.74. The number of nitrogens with zero attached hydrogens (tertiary/aromatic N) is 3. The number of alkyl halides is 1. The third kappa shape index (κ3) is 2.40. The average molecular weight is 226 g/mol. The van der Waals surface area contributed by atoms with Gasteiger partial charge in [0.05, 0.1) is 5.88 Å². The van der Waals surface area contributed by atoms with Crippen molar-refractivity contribution in [2.24, 2.45) is 5.92 Å². The van der Waals surface area contributed by atoms with Crippen LogP contribution in [0, 0.1) is 5.92 Å². The molecule has 1 saturated heterocycles. The Balaban J connectivity index is 2.15. The second kappa shape index (κ2) is 4.79. The molecule has 0 amide bonds. The lowest BCUT2D eigenvalue weighted by atomic mass is 9.99. The molecule has 15 heavy (non-hydrogen) atoms. The minimum atomic E-state index is 0.488. The van der Waals surface area contributed by atoms with Crippen LogP contribution in [0.4, 0.5) is 5.82 Å². The molecule has 1 aromatic heterocycles. The molecule has 4 heteroatoms.